The summed E-state index contributed by atoms with van der Waals surface area (Å²) in [6.45, 7) is 6.22. The fourth-order valence-electron chi connectivity index (χ4n) is 1.96. The van der Waals surface area contributed by atoms with Crippen molar-refractivity contribution >= 4 is 5.95 Å². The van der Waals surface area contributed by atoms with Gasteiger partial charge in [-0.1, -0.05) is 11.6 Å². The number of aromatic nitrogens is 2. The number of aryl methyl sites for hydroxylation is 1. The molecule has 1 aliphatic heterocycles. The van der Waals surface area contributed by atoms with E-state index in [4.69, 9.17) is 0 Å². The molecule has 4 nitrogen and oxygen atoms in total. The minimum absolute atomic E-state index is 0.967. The lowest BCUT2D eigenvalue weighted by Gasteiger charge is -2.14. The molecule has 0 spiro atoms. The largest absolute Gasteiger partial charge is 0.355 e. The zero-order chi connectivity index (χ0) is 11.2. The van der Waals surface area contributed by atoms with Crippen molar-refractivity contribution in [1.29, 1.82) is 0 Å². The van der Waals surface area contributed by atoms with Crippen molar-refractivity contribution in [2.45, 2.75) is 26.3 Å². The molecule has 16 heavy (non-hydrogen) atoms. The zero-order valence-electron chi connectivity index (χ0n) is 9.87. The lowest BCUT2D eigenvalue weighted by molar-refractivity contribution is 0.681. The molecule has 0 saturated carbocycles. The summed E-state index contributed by atoms with van der Waals surface area (Å²) < 4.78 is 2.12. The van der Waals surface area contributed by atoms with Crippen LogP contribution in [0.5, 0.6) is 0 Å². The number of imidazole rings is 1. The van der Waals surface area contributed by atoms with E-state index in [9.17, 15) is 0 Å². The molecule has 0 radical (unpaired) electrons. The minimum atomic E-state index is 0.967. The third kappa shape index (κ3) is 2.85. The highest BCUT2D eigenvalue weighted by Gasteiger charge is 2.03. The maximum Gasteiger partial charge on any atom is 0.202 e. The van der Waals surface area contributed by atoms with E-state index in [-0.39, 0.29) is 0 Å². The molecule has 0 amide bonds. The monoisotopic (exact) mass is 220 g/mol. The van der Waals surface area contributed by atoms with Crippen molar-refractivity contribution in [3.8, 4) is 0 Å². The summed E-state index contributed by atoms with van der Waals surface area (Å²) in [5, 5.41) is 6.71. The summed E-state index contributed by atoms with van der Waals surface area (Å²) in [6, 6.07) is 0. The van der Waals surface area contributed by atoms with Gasteiger partial charge in [-0.2, -0.15) is 0 Å². The van der Waals surface area contributed by atoms with Crippen LogP contribution in [0.4, 0.5) is 5.95 Å². The van der Waals surface area contributed by atoms with Crippen molar-refractivity contribution in [3.63, 3.8) is 0 Å². The molecule has 2 rings (SSSR count). The van der Waals surface area contributed by atoms with Gasteiger partial charge in [0, 0.05) is 32.0 Å². The van der Waals surface area contributed by atoms with Crippen LogP contribution in [0.3, 0.4) is 0 Å². The zero-order valence-corrected chi connectivity index (χ0v) is 9.87. The topological polar surface area (TPSA) is 41.9 Å². The Morgan fingerprint density at radius 2 is 2.50 bits per heavy atom. The first-order chi connectivity index (χ1) is 7.90. The van der Waals surface area contributed by atoms with Crippen molar-refractivity contribution in [3.05, 3.63) is 24.0 Å². The molecular weight excluding hydrogens is 200 g/mol. The van der Waals surface area contributed by atoms with Gasteiger partial charge in [-0.05, 0) is 26.3 Å². The third-order valence-corrected chi connectivity index (χ3v) is 2.94. The van der Waals surface area contributed by atoms with Crippen LogP contribution in [0.15, 0.2) is 24.0 Å². The fourth-order valence-corrected chi connectivity index (χ4v) is 1.96. The second-order valence-electron chi connectivity index (χ2n) is 4.03. The van der Waals surface area contributed by atoms with Crippen molar-refractivity contribution < 1.29 is 0 Å². The number of nitrogens with zero attached hydrogens (tertiary/aromatic N) is 2. The summed E-state index contributed by atoms with van der Waals surface area (Å²) in [7, 11) is 0. The molecule has 0 saturated heterocycles. The van der Waals surface area contributed by atoms with E-state index in [0.717, 1.165) is 38.5 Å². The number of hydrogen-bond acceptors (Lipinski definition) is 3. The van der Waals surface area contributed by atoms with Crippen LogP contribution in [0.25, 0.3) is 0 Å². The Bertz CT molecular complexity index is 354. The molecule has 0 aromatic carbocycles. The Labute approximate surface area is 96.8 Å². The van der Waals surface area contributed by atoms with Gasteiger partial charge in [-0.25, -0.2) is 4.98 Å². The summed E-state index contributed by atoms with van der Waals surface area (Å²) in [6.07, 6.45) is 8.46. The van der Waals surface area contributed by atoms with Gasteiger partial charge in [-0.3, -0.25) is 0 Å². The van der Waals surface area contributed by atoms with Crippen molar-refractivity contribution in [2.75, 3.05) is 25.0 Å². The molecule has 1 aromatic rings. The lowest BCUT2D eigenvalue weighted by atomic mass is 10.1. The molecule has 0 fully saturated rings. The highest BCUT2D eigenvalue weighted by atomic mass is 15.2. The van der Waals surface area contributed by atoms with Crippen LogP contribution in [0.1, 0.15) is 19.8 Å². The van der Waals surface area contributed by atoms with E-state index >= 15 is 0 Å². The van der Waals surface area contributed by atoms with Crippen LogP contribution in [0.2, 0.25) is 0 Å². The maximum absolute atomic E-state index is 4.29. The molecule has 4 heteroatoms. The molecule has 0 bridgehead atoms. The quantitative estimate of drug-likeness (QED) is 0.741. The standard InChI is InChI=1S/C12H20N4/c1-2-16-10-9-15-12(16)14-8-5-11-3-6-13-7-4-11/h3,9-10,13H,2,4-8H2,1H3,(H,14,15). The van der Waals surface area contributed by atoms with E-state index in [1.807, 2.05) is 12.4 Å². The molecule has 0 atom stereocenters. The van der Waals surface area contributed by atoms with Crippen molar-refractivity contribution in [2.24, 2.45) is 0 Å². The van der Waals surface area contributed by atoms with Crippen LogP contribution in [0, 0.1) is 0 Å². The average molecular weight is 220 g/mol. The van der Waals surface area contributed by atoms with Gasteiger partial charge >= 0.3 is 0 Å². The van der Waals surface area contributed by atoms with E-state index < -0.39 is 0 Å². The Hall–Kier alpha value is -1.29. The Morgan fingerprint density at radius 1 is 1.56 bits per heavy atom. The van der Waals surface area contributed by atoms with Crippen LogP contribution in [-0.4, -0.2) is 29.2 Å². The first kappa shape index (κ1) is 11.2. The third-order valence-electron chi connectivity index (χ3n) is 2.94. The van der Waals surface area contributed by atoms with Gasteiger partial charge in [0.2, 0.25) is 5.95 Å². The van der Waals surface area contributed by atoms with E-state index in [2.05, 4.69) is 33.2 Å². The first-order valence-electron chi connectivity index (χ1n) is 6.03. The second-order valence-corrected chi connectivity index (χ2v) is 4.03. The maximum atomic E-state index is 4.29. The van der Waals surface area contributed by atoms with E-state index in [0.29, 0.717) is 0 Å². The number of hydrogen-bond donors (Lipinski definition) is 2. The van der Waals surface area contributed by atoms with Gasteiger partial charge in [-0.15, -0.1) is 0 Å². The molecule has 1 aromatic heterocycles. The first-order valence-corrected chi connectivity index (χ1v) is 6.03. The minimum Gasteiger partial charge on any atom is -0.355 e. The predicted octanol–water partition coefficient (Wildman–Crippen LogP) is 1.62. The Kier molecular flexibility index (Phi) is 3.99. The smallest absolute Gasteiger partial charge is 0.202 e. The summed E-state index contributed by atoms with van der Waals surface area (Å²) in [5.74, 6) is 0.983. The SMILES string of the molecule is CCn1ccnc1NCCC1=CCNCC1. The summed E-state index contributed by atoms with van der Waals surface area (Å²) in [5.41, 5.74) is 1.56. The molecule has 2 N–H and O–H groups in total. The highest BCUT2D eigenvalue weighted by Crippen LogP contribution is 2.10. The molecule has 1 aliphatic rings. The second kappa shape index (κ2) is 5.70. The van der Waals surface area contributed by atoms with Crippen LogP contribution < -0.4 is 10.6 Å². The van der Waals surface area contributed by atoms with Gasteiger partial charge in [0.05, 0.1) is 0 Å². The average Bonchev–Trinajstić information content (AvgIpc) is 2.78. The number of nitrogens with one attached hydrogen (secondary N) is 2. The van der Waals surface area contributed by atoms with E-state index in [1.54, 1.807) is 5.57 Å². The lowest BCUT2D eigenvalue weighted by Crippen LogP contribution is -2.21. The molecule has 0 unspecified atom stereocenters. The van der Waals surface area contributed by atoms with Gasteiger partial charge in [0.15, 0.2) is 0 Å². The Morgan fingerprint density at radius 3 is 3.25 bits per heavy atom. The van der Waals surface area contributed by atoms with Crippen LogP contribution in [-0.2, 0) is 6.54 Å². The summed E-state index contributed by atoms with van der Waals surface area (Å²) in [4.78, 5) is 4.29. The fraction of sp³-hybridized carbons (Fsp3) is 0.583. The summed E-state index contributed by atoms with van der Waals surface area (Å²) >= 11 is 0. The van der Waals surface area contributed by atoms with Gasteiger partial charge in [0.25, 0.3) is 0 Å². The number of anilines is 1. The van der Waals surface area contributed by atoms with E-state index in [1.165, 1.54) is 6.42 Å². The van der Waals surface area contributed by atoms with Crippen LogP contribution >= 0.6 is 0 Å². The van der Waals surface area contributed by atoms with Gasteiger partial charge < -0.3 is 15.2 Å². The molecule has 0 aliphatic carbocycles. The highest BCUT2D eigenvalue weighted by molar-refractivity contribution is 5.26. The van der Waals surface area contributed by atoms with Crippen molar-refractivity contribution in [1.82, 2.24) is 14.9 Å². The van der Waals surface area contributed by atoms with Gasteiger partial charge in [0.1, 0.15) is 0 Å². The molecule has 2 heterocycles. The predicted molar refractivity (Wildman–Crippen MR) is 66.6 cm³/mol. The molecule has 88 valence electrons. The number of rotatable bonds is 5. The Balaban J connectivity index is 1.77. The normalized spacial score (nSPS) is 15.9. The molecular formula is C12H20N4.